The largest absolute Gasteiger partial charge is 0.385 e. The predicted octanol–water partition coefficient (Wildman–Crippen LogP) is 2.99. The van der Waals surface area contributed by atoms with Gasteiger partial charge in [-0.2, -0.15) is 0 Å². The van der Waals surface area contributed by atoms with Gasteiger partial charge in [-0.3, -0.25) is 4.79 Å². The molecule has 1 unspecified atom stereocenters. The lowest BCUT2D eigenvalue weighted by atomic mass is 9.96. The van der Waals surface area contributed by atoms with E-state index in [0.717, 1.165) is 5.56 Å². The van der Waals surface area contributed by atoms with Gasteiger partial charge in [-0.1, -0.05) is 13.0 Å². The van der Waals surface area contributed by atoms with Crippen molar-refractivity contribution >= 4 is 5.78 Å². The van der Waals surface area contributed by atoms with E-state index < -0.39 is 5.82 Å². The Hall–Kier alpha value is -1.22. The third-order valence-electron chi connectivity index (χ3n) is 2.59. The minimum Gasteiger partial charge on any atom is -0.385 e. The molecule has 2 nitrogen and oxygen atoms in total. The Kier molecular flexibility index (Phi) is 4.62. The molecule has 0 saturated heterocycles. The van der Waals surface area contributed by atoms with Crippen LogP contribution in [-0.4, -0.2) is 19.5 Å². The summed E-state index contributed by atoms with van der Waals surface area (Å²) in [7, 11) is 1.59. The monoisotopic (exact) mass is 224 g/mol. The highest BCUT2D eigenvalue weighted by Crippen LogP contribution is 2.16. The van der Waals surface area contributed by atoms with Crippen molar-refractivity contribution < 1.29 is 13.9 Å². The molecule has 0 heterocycles. The van der Waals surface area contributed by atoms with Crippen molar-refractivity contribution in [3.63, 3.8) is 0 Å². The molecule has 1 aromatic rings. The predicted molar refractivity (Wildman–Crippen MR) is 61.1 cm³/mol. The van der Waals surface area contributed by atoms with E-state index in [-0.39, 0.29) is 17.3 Å². The van der Waals surface area contributed by atoms with Crippen LogP contribution in [0.4, 0.5) is 4.39 Å². The number of hydrogen-bond acceptors (Lipinski definition) is 2. The maximum Gasteiger partial charge on any atom is 0.168 e. The Morgan fingerprint density at radius 3 is 2.75 bits per heavy atom. The Labute approximate surface area is 95.4 Å². The van der Waals surface area contributed by atoms with E-state index in [2.05, 4.69) is 0 Å². The number of benzene rings is 1. The molecule has 1 atom stereocenters. The summed E-state index contributed by atoms with van der Waals surface area (Å²) < 4.78 is 18.4. The smallest absolute Gasteiger partial charge is 0.168 e. The summed E-state index contributed by atoms with van der Waals surface area (Å²) in [5, 5.41) is 0. The molecular weight excluding hydrogens is 207 g/mol. The van der Waals surface area contributed by atoms with Crippen LogP contribution in [0.2, 0.25) is 0 Å². The second-order valence-electron chi connectivity index (χ2n) is 4.03. The van der Waals surface area contributed by atoms with Crippen LogP contribution < -0.4 is 0 Å². The lowest BCUT2D eigenvalue weighted by Crippen LogP contribution is -2.15. The highest BCUT2D eigenvalue weighted by molar-refractivity contribution is 5.97. The summed E-state index contributed by atoms with van der Waals surface area (Å²) in [5.41, 5.74) is 0.993. The Morgan fingerprint density at radius 1 is 1.50 bits per heavy atom. The second kappa shape index (κ2) is 5.75. The van der Waals surface area contributed by atoms with Gasteiger partial charge in [0.25, 0.3) is 0 Å². The van der Waals surface area contributed by atoms with Crippen molar-refractivity contribution in [3.05, 3.63) is 35.1 Å². The summed E-state index contributed by atoms with van der Waals surface area (Å²) in [6.07, 6.45) is 0.614. The molecule has 3 heteroatoms. The number of Topliss-reactive ketones (excluding diaryl/α,β-unsaturated/α-hetero) is 1. The average Bonchev–Trinajstić information content (AvgIpc) is 2.25. The molecule has 0 aliphatic rings. The molecule has 88 valence electrons. The third-order valence-corrected chi connectivity index (χ3v) is 2.59. The van der Waals surface area contributed by atoms with Crippen LogP contribution in [0.25, 0.3) is 0 Å². The van der Waals surface area contributed by atoms with Crippen molar-refractivity contribution in [1.82, 2.24) is 0 Å². The van der Waals surface area contributed by atoms with E-state index in [1.807, 2.05) is 0 Å². The van der Waals surface area contributed by atoms with Crippen LogP contribution in [0.3, 0.4) is 0 Å². The van der Waals surface area contributed by atoms with Crippen molar-refractivity contribution in [2.75, 3.05) is 13.7 Å². The number of methoxy groups -OCH3 is 1. The molecule has 0 fully saturated rings. The van der Waals surface area contributed by atoms with Crippen molar-refractivity contribution in [2.45, 2.75) is 20.3 Å². The van der Waals surface area contributed by atoms with Gasteiger partial charge in [-0.05, 0) is 31.0 Å². The number of rotatable bonds is 5. The molecule has 0 radical (unpaired) electrons. The van der Waals surface area contributed by atoms with Gasteiger partial charge in [-0.25, -0.2) is 4.39 Å². The fourth-order valence-corrected chi connectivity index (χ4v) is 1.51. The number of carbonyl (C=O) groups is 1. The Balaban J connectivity index is 2.79. The van der Waals surface area contributed by atoms with Crippen LogP contribution >= 0.6 is 0 Å². The lowest BCUT2D eigenvalue weighted by Gasteiger charge is -2.10. The van der Waals surface area contributed by atoms with Crippen molar-refractivity contribution in [1.29, 1.82) is 0 Å². The average molecular weight is 224 g/mol. The van der Waals surface area contributed by atoms with Crippen LogP contribution in [0, 0.1) is 18.7 Å². The Bertz CT molecular complexity index is 374. The van der Waals surface area contributed by atoms with Gasteiger partial charge in [0, 0.05) is 19.6 Å². The number of aryl methyl sites for hydroxylation is 1. The summed E-state index contributed by atoms with van der Waals surface area (Å²) in [4.78, 5) is 11.9. The van der Waals surface area contributed by atoms with Crippen LogP contribution in [0.5, 0.6) is 0 Å². The fourth-order valence-electron chi connectivity index (χ4n) is 1.51. The summed E-state index contributed by atoms with van der Waals surface area (Å²) in [6, 6.07) is 4.69. The Morgan fingerprint density at radius 2 is 2.19 bits per heavy atom. The van der Waals surface area contributed by atoms with Crippen LogP contribution in [0.1, 0.15) is 29.3 Å². The maximum atomic E-state index is 13.5. The van der Waals surface area contributed by atoms with E-state index >= 15 is 0 Å². The van der Waals surface area contributed by atoms with Crippen molar-refractivity contribution in [3.8, 4) is 0 Å². The summed E-state index contributed by atoms with van der Waals surface area (Å²) in [6.45, 7) is 4.10. The van der Waals surface area contributed by atoms with Gasteiger partial charge < -0.3 is 4.74 Å². The van der Waals surface area contributed by atoms with Gasteiger partial charge in [0.15, 0.2) is 5.78 Å². The quantitative estimate of drug-likeness (QED) is 0.719. The number of ketones is 1. The first-order valence-corrected chi connectivity index (χ1v) is 5.35. The number of carbonyl (C=O) groups excluding carboxylic acids is 1. The zero-order valence-electron chi connectivity index (χ0n) is 9.92. The molecular formula is C13H17FO2. The zero-order valence-corrected chi connectivity index (χ0v) is 9.92. The molecule has 1 aromatic carbocycles. The molecule has 16 heavy (non-hydrogen) atoms. The molecule has 0 amide bonds. The highest BCUT2D eigenvalue weighted by atomic mass is 19.1. The van der Waals surface area contributed by atoms with E-state index in [1.54, 1.807) is 33.1 Å². The third kappa shape index (κ3) is 3.14. The normalized spacial score (nSPS) is 12.5. The standard InChI is InChI=1S/C13H17FO2/c1-9-4-5-11(12(14)8-9)13(15)10(2)6-7-16-3/h4-5,8,10H,6-7H2,1-3H3. The van der Waals surface area contributed by atoms with Crippen LogP contribution in [0.15, 0.2) is 18.2 Å². The summed E-state index contributed by atoms with van der Waals surface area (Å²) >= 11 is 0. The topological polar surface area (TPSA) is 26.3 Å². The molecule has 0 aromatic heterocycles. The minimum absolute atomic E-state index is 0.158. The molecule has 0 aliphatic heterocycles. The molecule has 0 aliphatic carbocycles. The van der Waals surface area contributed by atoms with Gasteiger partial charge in [0.1, 0.15) is 5.82 Å². The zero-order chi connectivity index (χ0) is 12.1. The first-order valence-electron chi connectivity index (χ1n) is 5.35. The molecule has 0 spiro atoms. The molecule has 0 N–H and O–H groups in total. The van der Waals surface area contributed by atoms with E-state index in [9.17, 15) is 9.18 Å². The summed E-state index contributed by atoms with van der Waals surface area (Å²) in [5.74, 6) is -0.805. The van der Waals surface area contributed by atoms with Gasteiger partial charge >= 0.3 is 0 Å². The lowest BCUT2D eigenvalue weighted by molar-refractivity contribution is 0.0889. The first kappa shape index (κ1) is 12.8. The molecule has 1 rings (SSSR count). The van der Waals surface area contributed by atoms with Gasteiger partial charge in [0.2, 0.25) is 0 Å². The van der Waals surface area contributed by atoms with Crippen molar-refractivity contribution in [2.24, 2.45) is 5.92 Å². The molecule has 0 saturated carbocycles. The van der Waals surface area contributed by atoms with E-state index in [4.69, 9.17) is 4.74 Å². The first-order chi connectivity index (χ1) is 7.56. The maximum absolute atomic E-state index is 13.5. The number of halogens is 1. The second-order valence-corrected chi connectivity index (χ2v) is 4.03. The SMILES string of the molecule is COCCC(C)C(=O)c1ccc(C)cc1F. The fraction of sp³-hybridized carbons (Fsp3) is 0.462. The molecule has 0 bridgehead atoms. The van der Waals surface area contributed by atoms with Gasteiger partial charge in [0.05, 0.1) is 5.56 Å². The number of hydrogen-bond donors (Lipinski definition) is 0. The highest BCUT2D eigenvalue weighted by Gasteiger charge is 2.18. The van der Waals surface area contributed by atoms with E-state index in [0.29, 0.717) is 13.0 Å². The van der Waals surface area contributed by atoms with Gasteiger partial charge in [-0.15, -0.1) is 0 Å². The minimum atomic E-state index is -0.436. The van der Waals surface area contributed by atoms with E-state index in [1.165, 1.54) is 6.07 Å². The van der Waals surface area contributed by atoms with Crippen LogP contribution in [-0.2, 0) is 4.74 Å². The number of ether oxygens (including phenoxy) is 1.